The average Bonchev–Trinajstić information content (AvgIpc) is 2.59. The summed E-state index contributed by atoms with van der Waals surface area (Å²) in [6.45, 7) is 8.15. The summed E-state index contributed by atoms with van der Waals surface area (Å²) in [4.78, 5) is 2.25. The van der Waals surface area contributed by atoms with Crippen LogP contribution in [0.15, 0.2) is 0 Å². The Morgan fingerprint density at radius 1 is 1.33 bits per heavy atom. The fraction of sp³-hybridized carbons (Fsp3) is 1.00. The molecule has 3 heteroatoms. The number of β-amino-alcohol motifs (C(OH)–C–C–N with tert-alkyl or cyclic N) is 1. The van der Waals surface area contributed by atoms with Crippen LogP contribution in [-0.2, 0) is 0 Å². The highest BCUT2D eigenvalue weighted by Crippen LogP contribution is 2.27. The Balaban J connectivity index is 2.57. The van der Waals surface area contributed by atoms with Crippen molar-refractivity contribution < 1.29 is 10.2 Å². The monoisotopic (exact) mass is 215 g/mol. The van der Waals surface area contributed by atoms with Gasteiger partial charge in [-0.2, -0.15) is 0 Å². The molecule has 0 saturated carbocycles. The maximum atomic E-state index is 10.3. The molecular formula is C12H25NO2. The molecule has 1 rings (SSSR count). The van der Waals surface area contributed by atoms with E-state index in [-0.39, 0.29) is 12.6 Å². The fourth-order valence-electron chi connectivity index (χ4n) is 2.43. The number of aliphatic hydroxyl groups excluding tert-OH is 1. The predicted molar refractivity (Wildman–Crippen MR) is 61.8 cm³/mol. The van der Waals surface area contributed by atoms with Gasteiger partial charge in [-0.3, -0.25) is 4.90 Å². The lowest BCUT2D eigenvalue weighted by atomic mass is 9.96. The van der Waals surface area contributed by atoms with Crippen LogP contribution in [0, 0.1) is 5.92 Å². The Hall–Kier alpha value is -0.120. The van der Waals surface area contributed by atoms with Crippen molar-refractivity contribution in [3.8, 4) is 0 Å². The van der Waals surface area contributed by atoms with Crippen LogP contribution in [0.2, 0.25) is 0 Å². The van der Waals surface area contributed by atoms with Crippen LogP contribution in [0.25, 0.3) is 0 Å². The molecule has 0 radical (unpaired) electrons. The van der Waals surface area contributed by atoms with Crippen molar-refractivity contribution >= 4 is 0 Å². The Morgan fingerprint density at radius 3 is 2.40 bits per heavy atom. The quantitative estimate of drug-likeness (QED) is 0.725. The van der Waals surface area contributed by atoms with Gasteiger partial charge < -0.3 is 10.2 Å². The number of nitrogens with zero attached hydrogens (tertiary/aromatic N) is 1. The highest BCUT2D eigenvalue weighted by atomic mass is 16.3. The third kappa shape index (κ3) is 2.92. The van der Waals surface area contributed by atoms with E-state index in [1.165, 1.54) is 0 Å². The molecule has 0 amide bonds. The molecule has 1 heterocycles. The van der Waals surface area contributed by atoms with Gasteiger partial charge in [0, 0.05) is 12.6 Å². The number of hydrogen-bond donors (Lipinski definition) is 2. The summed E-state index contributed by atoms with van der Waals surface area (Å²) in [5, 5.41) is 19.6. The minimum atomic E-state index is -0.572. The zero-order chi connectivity index (χ0) is 11.5. The van der Waals surface area contributed by atoms with E-state index >= 15 is 0 Å². The van der Waals surface area contributed by atoms with Gasteiger partial charge in [0.25, 0.3) is 0 Å². The van der Waals surface area contributed by atoms with E-state index in [9.17, 15) is 10.2 Å². The highest BCUT2D eigenvalue weighted by molar-refractivity contribution is 4.89. The number of rotatable bonds is 5. The zero-order valence-electron chi connectivity index (χ0n) is 10.2. The molecule has 1 fully saturated rings. The van der Waals surface area contributed by atoms with E-state index in [4.69, 9.17) is 0 Å². The summed E-state index contributed by atoms with van der Waals surface area (Å²) in [5.41, 5.74) is -0.572. The average molecular weight is 215 g/mol. The van der Waals surface area contributed by atoms with Gasteiger partial charge in [-0.05, 0) is 31.7 Å². The largest absolute Gasteiger partial charge is 0.395 e. The first kappa shape index (κ1) is 12.9. The zero-order valence-corrected chi connectivity index (χ0v) is 10.2. The molecule has 1 saturated heterocycles. The lowest BCUT2D eigenvalue weighted by Gasteiger charge is -2.34. The molecule has 0 aliphatic carbocycles. The SMILES string of the molecule is CCC(O)(CC)CN1CCC(C)C1CO. The van der Waals surface area contributed by atoms with Gasteiger partial charge in [0.05, 0.1) is 12.2 Å². The van der Waals surface area contributed by atoms with E-state index in [1.54, 1.807) is 0 Å². The molecule has 0 aromatic heterocycles. The molecule has 2 N–H and O–H groups in total. The normalized spacial score (nSPS) is 28.6. The van der Waals surface area contributed by atoms with Gasteiger partial charge in [-0.15, -0.1) is 0 Å². The molecule has 15 heavy (non-hydrogen) atoms. The Kier molecular flexibility index (Phi) is 4.56. The second kappa shape index (κ2) is 5.28. The van der Waals surface area contributed by atoms with Gasteiger partial charge in [0.2, 0.25) is 0 Å². The van der Waals surface area contributed by atoms with Crippen LogP contribution in [-0.4, -0.2) is 46.5 Å². The van der Waals surface area contributed by atoms with Crippen molar-refractivity contribution in [1.82, 2.24) is 4.90 Å². The molecule has 0 bridgehead atoms. The Morgan fingerprint density at radius 2 is 1.93 bits per heavy atom. The number of aliphatic hydroxyl groups is 2. The summed E-state index contributed by atoms with van der Waals surface area (Å²) in [5.74, 6) is 0.549. The molecule has 1 aliphatic heterocycles. The molecular weight excluding hydrogens is 190 g/mol. The van der Waals surface area contributed by atoms with Crippen molar-refractivity contribution in [2.75, 3.05) is 19.7 Å². The van der Waals surface area contributed by atoms with E-state index in [1.807, 2.05) is 13.8 Å². The summed E-state index contributed by atoms with van der Waals surface area (Å²) in [7, 11) is 0. The molecule has 2 atom stereocenters. The number of likely N-dealkylation sites (tertiary alicyclic amines) is 1. The van der Waals surface area contributed by atoms with Crippen LogP contribution in [0.1, 0.15) is 40.0 Å². The lowest BCUT2D eigenvalue weighted by molar-refractivity contribution is -0.0148. The van der Waals surface area contributed by atoms with Crippen LogP contribution in [0.4, 0.5) is 0 Å². The molecule has 0 aromatic carbocycles. The lowest BCUT2D eigenvalue weighted by Crippen LogP contribution is -2.46. The number of hydrogen-bond acceptors (Lipinski definition) is 3. The van der Waals surface area contributed by atoms with Crippen LogP contribution in [0.3, 0.4) is 0 Å². The summed E-state index contributed by atoms with van der Waals surface area (Å²) in [6.07, 6.45) is 2.70. The third-order valence-electron chi connectivity index (χ3n) is 4.00. The standard InChI is InChI=1S/C12H25NO2/c1-4-12(15,5-2)9-13-7-6-10(3)11(13)8-14/h10-11,14-15H,4-9H2,1-3H3. The molecule has 0 aromatic rings. The van der Waals surface area contributed by atoms with Crippen LogP contribution >= 0.6 is 0 Å². The van der Waals surface area contributed by atoms with Crippen molar-refractivity contribution in [3.05, 3.63) is 0 Å². The van der Waals surface area contributed by atoms with Crippen molar-refractivity contribution in [2.24, 2.45) is 5.92 Å². The fourth-order valence-corrected chi connectivity index (χ4v) is 2.43. The van der Waals surface area contributed by atoms with E-state index < -0.39 is 5.60 Å². The van der Waals surface area contributed by atoms with Crippen molar-refractivity contribution in [2.45, 2.75) is 51.7 Å². The first-order valence-corrected chi connectivity index (χ1v) is 6.13. The minimum Gasteiger partial charge on any atom is -0.395 e. The summed E-state index contributed by atoms with van der Waals surface area (Å²) >= 11 is 0. The smallest absolute Gasteiger partial charge is 0.0769 e. The third-order valence-corrected chi connectivity index (χ3v) is 4.00. The maximum Gasteiger partial charge on any atom is 0.0769 e. The maximum absolute atomic E-state index is 10.3. The predicted octanol–water partition coefficient (Wildman–Crippen LogP) is 1.24. The summed E-state index contributed by atoms with van der Waals surface area (Å²) in [6, 6.07) is 0.245. The van der Waals surface area contributed by atoms with Gasteiger partial charge in [0.1, 0.15) is 0 Å². The second-order valence-corrected chi connectivity index (χ2v) is 4.92. The summed E-state index contributed by atoms with van der Waals surface area (Å²) < 4.78 is 0. The first-order valence-electron chi connectivity index (χ1n) is 6.13. The molecule has 3 nitrogen and oxygen atoms in total. The van der Waals surface area contributed by atoms with E-state index in [2.05, 4.69) is 11.8 Å². The molecule has 90 valence electrons. The van der Waals surface area contributed by atoms with E-state index in [0.29, 0.717) is 12.5 Å². The minimum absolute atomic E-state index is 0.213. The topological polar surface area (TPSA) is 43.7 Å². The van der Waals surface area contributed by atoms with Gasteiger partial charge >= 0.3 is 0 Å². The highest BCUT2D eigenvalue weighted by Gasteiger charge is 2.35. The van der Waals surface area contributed by atoms with Gasteiger partial charge in [-0.1, -0.05) is 20.8 Å². The molecule has 0 spiro atoms. The Labute approximate surface area is 93.1 Å². The molecule has 1 aliphatic rings. The molecule has 2 unspecified atom stereocenters. The van der Waals surface area contributed by atoms with E-state index in [0.717, 1.165) is 25.8 Å². The second-order valence-electron chi connectivity index (χ2n) is 4.92. The van der Waals surface area contributed by atoms with Crippen LogP contribution < -0.4 is 0 Å². The van der Waals surface area contributed by atoms with Crippen molar-refractivity contribution in [3.63, 3.8) is 0 Å². The first-order chi connectivity index (χ1) is 7.06. The van der Waals surface area contributed by atoms with Crippen LogP contribution in [0.5, 0.6) is 0 Å². The van der Waals surface area contributed by atoms with Crippen molar-refractivity contribution in [1.29, 1.82) is 0 Å². The van der Waals surface area contributed by atoms with Gasteiger partial charge in [-0.25, -0.2) is 0 Å². The van der Waals surface area contributed by atoms with Gasteiger partial charge in [0.15, 0.2) is 0 Å². The Bertz CT molecular complexity index is 192.